The second-order valence-electron chi connectivity index (χ2n) is 3.07. The minimum absolute atomic E-state index is 0.735. The van der Waals surface area contributed by atoms with Crippen LogP contribution < -0.4 is 0 Å². The fraction of sp³-hybridized carbons (Fsp3) is 0.0833. The van der Waals surface area contributed by atoms with Crippen LogP contribution in [0.4, 0.5) is 0 Å². The van der Waals surface area contributed by atoms with Crippen molar-refractivity contribution in [3.05, 3.63) is 57.8 Å². The van der Waals surface area contributed by atoms with E-state index in [9.17, 15) is 0 Å². The number of nitriles is 1. The molecule has 0 fully saturated rings. The molecule has 0 N–H and O–H groups in total. The Morgan fingerprint density at radius 2 is 2.14 bits per heavy atom. The van der Waals surface area contributed by atoms with Gasteiger partial charge in [-0.05, 0) is 29.1 Å². The van der Waals surface area contributed by atoms with Crippen molar-refractivity contribution in [2.75, 3.05) is 0 Å². The number of thiophene rings is 1. The highest BCUT2D eigenvalue weighted by atomic mass is 32.1. The first kappa shape index (κ1) is 8.98. The van der Waals surface area contributed by atoms with Gasteiger partial charge in [0.1, 0.15) is 0 Å². The van der Waals surface area contributed by atoms with Crippen molar-refractivity contribution >= 4 is 11.3 Å². The van der Waals surface area contributed by atoms with E-state index in [-0.39, 0.29) is 0 Å². The molecule has 0 radical (unpaired) electrons. The largest absolute Gasteiger partial charge is 0.192 e. The highest BCUT2D eigenvalue weighted by molar-refractivity contribution is 7.09. The van der Waals surface area contributed by atoms with Crippen LogP contribution in [0.2, 0.25) is 0 Å². The highest BCUT2D eigenvalue weighted by Crippen LogP contribution is 2.15. The number of hydrogen-bond acceptors (Lipinski definition) is 2. The van der Waals surface area contributed by atoms with Gasteiger partial charge in [0.05, 0.1) is 11.6 Å². The van der Waals surface area contributed by atoms with E-state index in [2.05, 4.69) is 23.6 Å². The number of nitrogens with zero attached hydrogens (tertiary/aromatic N) is 1. The molecule has 68 valence electrons. The molecule has 0 aliphatic carbocycles. The average Bonchev–Trinajstić information content (AvgIpc) is 2.71. The van der Waals surface area contributed by atoms with E-state index in [0.29, 0.717) is 0 Å². The molecule has 0 atom stereocenters. The van der Waals surface area contributed by atoms with E-state index < -0.39 is 0 Å². The third kappa shape index (κ3) is 2.01. The predicted octanol–water partition coefficient (Wildman–Crippen LogP) is 3.21. The molecular formula is C12H9NS. The minimum atomic E-state index is 0.735. The average molecular weight is 199 g/mol. The maximum absolute atomic E-state index is 8.74. The third-order valence-electron chi connectivity index (χ3n) is 2.01. The molecule has 0 unspecified atom stereocenters. The van der Waals surface area contributed by atoms with E-state index in [4.69, 9.17) is 5.26 Å². The number of hydrogen-bond donors (Lipinski definition) is 0. The summed E-state index contributed by atoms with van der Waals surface area (Å²) in [6, 6.07) is 14.1. The lowest BCUT2D eigenvalue weighted by Gasteiger charge is -1.98. The Morgan fingerprint density at radius 1 is 1.21 bits per heavy atom. The molecule has 1 heterocycles. The van der Waals surface area contributed by atoms with E-state index in [1.807, 2.05) is 24.3 Å². The molecule has 0 saturated carbocycles. The van der Waals surface area contributed by atoms with Crippen LogP contribution in [0, 0.1) is 11.3 Å². The highest BCUT2D eigenvalue weighted by Gasteiger charge is 1.97. The first-order valence-electron chi connectivity index (χ1n) is 4.40. The molecule has 1 nitrogen and oxygen atoms in total. The van der Waals surface area contributed by atoms with Crippen LogP contribution in [-0.2, 0) is 6.42 Å². The summed E-state index contributed by atoms with van der Waals surface area (Å²) in [5, 5.41) is 10.8. The summed E-state index contributed by atoms with van der Waals surface area (Å²) < 4.78 is 0. The SMILES string of the molecule is N#Cc1cccc(Cc2cccs2)c1. The molecular weight excluding hydrogens is 190 g/mol. The molecule has 2 heteroatoms. The summed E-state index contributed by atoms with van der Waals surface area (Å²) in [4.78, 5) is 1.33. The number of rotatable bonds is 2. The zero-order valence-electron chi connectivity index (χ0n) is 7.60. The summed E-state index contributed by atoms with van der Waals surface area (Å²) in [5.41, 5.74) is 1.94. The maximum atomic E-state index is 8.74. The van der Waals surface area contributed by atoms with Crippen molar-refractivity contribution < 1.29 is 0 Å². The van der Waals surface area contributed by atoms with Crippen LogP contribution in [0.3, 0.4) is 0 Å². The van der Waals surface area contributed by atoms with E-state index in [0.717, 1.165) is 12.0 Å². The van der Waals surface area contributed by atoms with Gasteiger partial charge >= 0.3 is 0 Å². The Bertz CT molecular complexity index is 451. The Kier molecular flexibility index (Phi) is 2.62. The fourth-order valence-corrected chi connectivity index (χ4v) is 2.10. The van der Waals surface area contributed by atoms with Crippen molar-refractivity contribution in [2.24, 2.45) is 0 Å². The van der Waals surface area contributed by atoms with Crippen molar-refractivity contribution in [3.63, 3.8) is 0 Å². The summed E-state index contributed by atoms with van der Waals surface area (Å²) in [5.74, 6) is 0. The Labute approximate surface area is 87.3 Å². The van der Waals surface area contributed by atoms with Gasteiger partial charge in [0.25, 0.3) is 0 Å². The molecule has 0 amide bonds. The van der Waals surface area contributed by atoms with Crippen LogP contribution in [0.15, 0.2) is 41.8 Å². The molecule has 0 aliphatic heterocycles. The third-order valence-corrected chi connectivity index (χ3v) is 2.89. The second kappa shape index (κ2) is 4.08. The van der Waals surface area contributed by atoms with Crippen molar-refractivity contribution in [1.82, 2.24) is 0 Å². The predicted molar refractivity (Wildman–Crippen MR) is 58.3 cm³/mol. The van der Waals surface area contributed by atoms with E-state index in [1.54, 1.807) is 11.3 Å². The van der Waals surface area contributed by atoms with Gasteiger partial charge in [-0.1, -0.05) is 18.2 Å². The van der Waals surface area contributed by atoms with Crippen LogP contribution in [0.5, 0.6) is 0 Å². The van der Waals surface area contributed by atoms with Gasteiger partial charge < -0.3 is 0 Å². The molecule has 0 saturated heterocycles. The molecule has 1 aromatic heterocycles. The van der Waals surface area contributed by atoms with E-state index in [1.165, 1.54) is 10.4 Å². The standard InChI is InChI=1S/C12H9NS/c13-9-11-4-1-3-10(7-11)8-12-5-2-6-14-12/h1-7H,8H2. The van der Waals surface area contributed by atoms with Gasteiger partial charge in [0, 0.05) is 11.3 Å². The van der Waals surface area contributed by atoms with Gasteiger partial charge in [-0.15, -0.1) is 11.3 Å². The minimum Gasteiger partial charge on any atom is -0.192 e. The summed E-state index contributed by atoms with van der Waals surface area (Å²) in [7, 11) is 0. The maximum Gasteiger partial charge on any atom is 0.0991 e. The van der Waals surface area contributed by atoms with Gasteiger partial charge in [0.15, 0.2) is 0 Å². The van der Waals surface area contributed by atoms with Crippen molar-refractivity contribution in [2.45, 2.75) is 6.42 Å². The molecule has 0 spiro atoms. The normalized spacial score (nSPS) is 9.64. The first-order valence-corrected chi connectivity index (χ1v) is 5.28. The lowest BCUT2D eigenvalue weighted by atomic mass is 10.1. The quantitative estimate of drug-likeness (QED) is 0.728. The Morgan fingerprint density at radius 3 is 2.86 bits per heavy atom. The number of benzene rings is 1. The van der Waals surface area contributed by atoms with E-state index >= 15 is 0 Å². The van der Waals surface area contributed by atoms with Crippen LogP contribution in [-0.4, -0.2) is 0 Å². The lowest BCUT2D eigenvalue weighted by molar-refractivity contribution is 1.23. The van der Waals surface area contributed by atoms with Crippen LogP contribution >= 0.6 is 11.3 Å². The summed E-state index contributed by atoms with van der Waals surface area (Å²) in [6.45, 7) is 0. The van der Waals surface area contributed by atoms with Crippen molar-refractivity contribution in [3.8, 4) is 6.07 Å². The summed E-state index contributed by atoms with van der Waals surface area (Å²) >= 11 is 1.75. The Balaban J connectivity index is 2.22. The van der Waals surface area contributed by atoms with Crippen LogP contribution in [0.1, 0.15) is 16.0 Å². The van der Waals surface area contributed by atoms with Crippen LogP contribution in [0.25, 0.3) is 0 Å². The zero-order valence-corrected chi connectivity index (χ0v) is 8.42. The van der Waals surface area contributed by atoms with Gasteiger partial charge in [-0.2, -0.15) is 5.26 Å². The molecule has 1 aromatic carbocycles. The first-order chi connectivity index (χ1) is 6.88. The smallest absolute Gasteiger partial charge is 0.0991 e. The lowest BCUT2D eigenvalue weighted by Crippen LogP contribution is -1.85. The van der Waals surface area contributed by atoms with Gasteiger partial charge in [-0.3, -0.25) is 0 Å². The second-order valence-corrected chi connectivity index (χ2v) is 4.10. The van der Waals surface area contributed by atoms with Gasteiger partial charge in [-0.25, -0.2) is 0 Å². The summed E-state index contributed by atoms with van der Waals surface area (Å²) in [6.07, 6.45) is 0.924. The molecule has 0 aliphatic rings. The monoisotopic (exact) mass is 199 g/mol. The molecule has 2 rings (SSSR count). The topological polar surface area (TPSA) is 23.8 Å². The molecule has 14 heavy (non-hydrogen) atoms. The zero-order chi connectivity index (χ0) is 9.80. The molecule has 0 bridgehead atoms. The Hall–Kier alpha value is -1.59. The van der Waals surface area contributed by atoms with Crippen molar-refractivity contribution in [1.29, 1.82) is 5.26 Å². The molecule has 2 aromatic rings. The van der Waals surface area contributed by atoms with Gasteiger partial charge in [0.2, 0.25) is 0 Å². The fourth-order valence-electron chi connectivity index (χ4n) is 1.37.